The molecule has 0 bridgehead atoms. The molecule has 0 radical (unpaired) electrons. The summed E-state index contributed by atoms with van der Waals surface area (Å²) in [4.78, 5) is 21.3. The lowest BCUT2D eigenvalue weighted by atomic mass is 9.85. The maximum atomic E-state index is 13.6. The van der Waals surface area contributed by atoms with Gasteiger partial charge in [0.1, 0.15) is 24.7 Å². The quantitative estimate of drug-likeness (QED) is 0.235. The largest absolute Gasteiger partial charge is 0.496 e. The number of allylic oxidation sites excluding steroid dienone is 2. The molecule has 9 heteroatoms. The molecule has 0 saturated heterocycles. The number of ether oxygens (including phenoxy) is 5. The molecule has 4 rings (SSSR count). The van der Waals surface area contributed by atoms with Crippen LogP contribution in [0.25, 0.3) is 5.57 Å². The molecule has 0 heterocycles. The van der Waals surface area contributed by atoms with Crippen molar-refractivity contribution in [3.63, 3.8) is 0 Å². The SMILES string of the molecule is COc1cc(OC)c(C2=CC(=O)c3cc(OCc4ccccc4)c(OC)cc3/C2=N/OCCN(C)C)cc1OC. The molecule has 0 unspecified atom stereocenters. The molecular weight excluding hydrogens is 512 g/mol. The summed E-state index contributed by atoms with van der Waals surface area (Å²) < 4.78 is 28.4. The first-order valence-corrected chi connectivity index (χ1v) is 12.7. The van der Waals surface area contributed by atoms with Crippen molar-refractivity contribution in [1.29, 1.82) is 0 Å². The summed E-state index contributed by atoms with van der Waals surface area (Å²) in [6.07, 6.45) is 1.52. The molecule has 1 aliphatic rings. The van der Waals surface area contributed by atoms with Crippen molar-refractivity contribution in [3.05, 3.63) is 82.9 Å². The van der Waals surface area contributed by atoms with E-state index in [4.69, 9.17) is 28.5 Å². The summed E-state index contributed by atoms with van der Waals surface area (Å²) in [5.74, 6) is 2.15. The predicted molar refractivity (Wildman–Crippen MR) is 153 cm³/mol. The van der Waals surface area contributed by atoms with E-state index >= 15 is 0 Å². The first-order chi connectivity index (χ1) is 19.4. The third-order valence-corrected chi connectivity index (χ3v) is 6.37. The second-order valence-corrected chi connectivity index (χ2v) is 9.23. The minimum Gasteiger partial charge on any atom is -0.496 e. The second-order valence-electron chi connectivity index (χ2n) is 9.23. The molecule has 0 saturated carbocycles. The Morgan fingerprint density at radius 1 is 0.725 bits per heavy atom. The number of ketones is 1. The van der Waals surface area contributed by atoms with Gasteiger partial charge in [-0.25, -0.2) is 0 Å². The smallest absolute Gasteiger partial charge is 0.187 e. The Bertz CT molecular complexity index is 1410. The van der Waals surface area contributed by atoms with Crippen molar-refractivity contribution in [2.45, 2.75) is 6.61 Å². The van der Waals surface area contributed by atoms with Gasteiger partial charge in [-0.1, -0.05) is 35.5 Å². The summed E-state index contributed by atoms with van der Waals surface area (Å²) in [5, 5.41) is 4.51. The molecule has 3 aromatic carbocycles. The number of hydrogen-bond acceptors (Lipinski definition) is 9. The highest BCUT2D eigenvalue weighted by molar-refractivity contribution is 6.41. The number of methoxy groups -OCH3 is 4. The number of benzene rings is 3. The Labute approximate surface area is 234 Å². The lowest BCUT2D eigenvalue weighted by Gasteiger charge is -2.23. The fourth-order valence-electron chi connectivity index (χ4n) is 4.27. The minimum atomic E-state index is -0.221. The molecule has 0 spiro atoms. The molecule has 0 aliphatic heterocycles. The van der Waals surface area contributed by atoms with Gasteiger partial charge in [0, 0.05) is 34.9 Å². The van der Waals surface area contributed by atoms with Crippen LogP contribution in [-0.2, 0) is 11.4 Å². The monoisotopic (exact) mass is 546 g/mol. The van der Waals surface area contributed by atoms with E-state index in [0.717, 1.165) is 5.56 Å². The summed E-state index contributed by atoms with van der Waals surface area (Å²) in [5.41, 5.74) is 3.52. The second kappa shape index (κ2) is 13.0. The van der Waals surface area contributed by atoms with Gasteiger partial charge in [-0.15, -0.1) is 0 Å². The van der Waals surface area contributed by atoms with E-state index < -0.39 is 0 Å². The lowest BCUT2D eigenvalue weighted by Crippen LogP contribution is -2.20. The van der Waals surface area contributed by atoms with Crippen molar-refractivity contribution in [2.24, 2.45) is 5.16 Å². The van der Waals surface area contributed by atoms with Crippen LogP contribution in [0.5, 0.6) is 28.7 Å². The number of fused-ring (bicyclic) bond motifs is 1. The normalized spacial score (nSPS) is 13.5. The van der Waals surface area contributed by atoms with Gasteiger partial charge in [0.2, 0.25) is 0 Å². The Kier molecular flexibility index (Phi) is 9.29. The van der Waals surface area contributed by atoms with E-state index in [9.17, 15) is 4.79 Å². The Morgan fingerprint density at radius 3 is 1.98 bits per heavy atom. The highest BCUT2D eigenvalue weighted by Crippen LogP contribution is 2.42. The molecular formula is C31H34N2O7. The molecule has 1 aliphatic carbocycles. The number of nitrogens with zero attached hydrogens (tertiary/aromatic N) is 2. The number of likely N-dealkylation sites (N-methyl/N-ethyl adjacent to an activating group) is 1. The van der Waals surface area contributed by atoms with Crippen molar-refractivity contribution in [3.8, 4) is 28.7 Å². The van der Waals surface area contributed by atoms with Crippen LogP contribution in [0.4, 0.5) is 0 Å². The fourth-order valence-corrected chi connectivity index (χ4v) is 4.27. The van der Waals surface area contributed by atoms with E-state index in [1.807, 2.05) is 49.3 Å². The Hall–Kier alpha value is -4.50. The van der Waals surface area contributed by atoms with Crippen LogP contribution in [0.3, 0.4) is 0 Å². The average molecular weight is 547 g/mol. The van der Waals surface area contributed by atoms with Crippen LogP contribution < -0.4 is 23.7 Å². The van der Waals surface area contributed by atoms with E-state index in [0.29, 0.717) is 76.5 Å². The summed E-state index contributed by atoms with van der Waals surface area (Å²) in [7, 11) is 10.1. The molecule has 0 aromatic heterocycles. The van der Waals surface area contributed by atoms with Crippen molar-refractivity contribution < 1.29 is 33.3 Å². The standard InChI is InChI=1S/C31H34N2O7/c1-33(2)12-13-40-32-31-23(22-16-27(36-4)29(38-6)18-26(22)35-3)14-25(34)21-15-30(28(37-5)17-24(21)31)39-19-20-10-8-7-9-11-20/h7-11,14-18H,12-13,19H2,1-6H3/b32-31+. The van der Waals surface area contributed by atoms with Crippen LogP contribution in [-0.4, -0.2) is 72.1 Å². The van der Waals surface area contributed by atoms with Crippen LogP contribution in [0.1, 0.15) is 27.0 Å². The molecule has 0 fully saturated rings. The third-order valence-electron chi connectivity index (χ3n) is 6.37. The van der Waals surface area contributed by atoms with Gasteiger partial charge in [-0.3, -0.25) is 4.79 Å². The predicted octanol–water partition coefficient (Wildman–Crippen LogP) is 4.86. The summed E-state index contributed by atoms with van der Waals surface area (Å²) in [6, 6.07) is 16.7. The zero-order valence-corrected chi connectivity index (χ0v) is 23.6. The first kappa shape index (κ1) is 28.5. The van der Waals surface area contributed by atoms with Crippen molar-refractivity contribution >= 4 is 17.1 Å². The average Bonchev–Trinajstić information content (AvgIpc) is 2.98. The fraction of sp³-hybridized carbons (Fsp3) is 0.290. The van der Waals surface area contributed by atoms with Gasteiger partial charge in [0.15, 0.2) is 28.8 Å². The zero-order chi connectivity index (χ0) is 28.6. The highest BCUT2D eigenvalue weighted by Gasteiger charge is 2.30. The van der Waals surface area contributed by atoms with Crippen LogP contribution in [0.2, 0.25) is 0 Å². The van der Waals surface area contributed by atoms with E-state index in [-0.39, 0.29) is 5.78 Å². The maximum absolute atomic E-state index is 13.6. The zero-order valence-electron chi connectivity index (χ0n) is 23.6. The third kappa shape index (κ3) is 6.21. The number of carbonyl (C=O) groups excluding carboxylic acids is 1. The number of carbonyl (C=O) groups is 1. The lowest BCUT2D eigenvalue weighted by molar-refractivity contribution is 0.104. The first-order valence-electron chi connectivity index (χ1n) is 12.7. The number of oxime groups is 1. The van der Waals surface area contributed by atoms with Gasteiger partial charge in [-0.2, -0.15) is 0 Å². The summed E-state index contributed by atoms with van der Waals surface area (Å²) in [6.45, 7) is 1.34. The molecule has 3 aromatic rings. The number of rotatable bonds is 12. The maximum Gasteiger partial charge on any atom is 0.187 e. The summed E-state index contributed by atoms with van der Waals surface area (Å²) >= 11 is 0. The molecule has 40 heavy (non-hydrogen) atoms. The Morgan fingerprint density at radius 2 is 1.32 bits per heavy atom. The van der Waals surface area contributed by atoms with Gasteiger partial charge in [0.25, 0.3) is 0 Å². The van der Waals surface area contributed by atoms with Gasteiger partial charge in [0.05, 0.1) is 28.4 Å². The molecule has 9 nitrogen and oxygen atoms in total. The molecule has 0 amide bonds. The molecule has 0 atom stereocenters. The van der Waals surface area contributed by atoms with Crippen molar-refractivity contribution in [1.82, 2.24) is 4.90 Å². The van der Waals surface area contributed by atoms with Crippen molar-refractivity contribution in [2.75, 3.05) is 55.7 Å². The van der Waals surface area contributed by atoms with Crippen LogP contribution in [0.15, 0.2) is 65.8 Å². The van der Waals surface area contributed by atoms with Crippen LogP contribution in [0, 0.1) is 0 Å². The van der Waals surface area contributed by atoms with E-state index in [1.54, 1.807) is 52.7 Å². The molecule has 210 valence electrons. The van der Waals surface area contributed by atoms with E-state index in [2.05, 4.69) is 5.16 Å². The highest BCUT2D eigenvalue weighted by atomic mass is 16.6. The van der Waals surface area contributed by atoms with Gasteiger partial charge < -0.3 is 33.4 Å². The Balaban J connectivity index is 1.82. The molecule has 0 N–H and O–H groups in total. The minimum absolute atomic E-state index is 0.221. The van der Waals surface area contributed by atoms with Gasteiger partial charge >= 0.3 is 0 Å². The van der Waals surface area contributed by atoms with E-state index in [1.165, 1.54) is 6.08 Å². The van der Waals surface area contributed by atoms with Crippen LogP contribution >= 0.6 is 0 Å². The topological polar surface area (TPSA) is 88.1 Å². The van der Waals surface area contributed by atoms with Gasteiger partial charge in [-0.05, 0) is 43.9 Å². The number of hydrogen-bond donors (Lipinski definition) is 0.